The molecule has 1 aliphatic rings. The number of thiophene rings is 1. The van der Waals surface area contributed by atoms with Gasteiger partial charge in [-0.3, -0.25) is 9.59 Å². The number of carbonyl (C=O) groups excluding carboxylic acids is 2. The Labute approximate surface area is 138 Å². The van der Waals surface area contributed by atoms with Crippen molar-refractivity contribution < 1.29 is 9.59 Å². The molecule has 1 saturated heterocycles. The summed E-state index contributed by atoms with van der Waals surface area (Å²) in [6, 6.07) is 1.59. The number of carbonyl (C=O) groups is 2. The van der Waals surface area contributed by atoms with E-state index in [9.17, 15) is 9.59 Å². The SMILES string of the molecule is CCCC1NC(=O)C(C)(CC)N(Cc2sccc2Br)C1=O. The summed E-state index contributed by atoms with van der Waals surface area (Å²) in [7, 11) is 0. The predicted octanol–water partition coefficient (Wildman–Crippen LogP) is 3.31. The highest BCUT2D eigenvalue weighted by atomic mass is 79.9. The second kappa shape index (κ2) is 6.48. The van der Waals surface area contributed by atoms with E-state index in [2.05, 4.69) is 21.2 Å². The topological polar surface area (TPSA) is 49.4 Å². The smallest absolute Gasteiger partial charge is 0.246 e. The molecule has 2 unspecified atom stereocenters. The Kier molecular flexibility index (Phi) is 5.09. The second-order valence-electron chi connectivity index (χ2n) is 5.56. The quantitative estimate of drug-likeness (QED) is 0.861. The van der Waals surface area contributed by atoms with Crippen molar-refractivity contribution in [1.82, 2.24) is 10.2 Å². The molecule has 2 rings (SSSR count). The van der Waals surface area contributed by atoms with Gasteiger partial charge in [0.1, 0.15) is 11.6 Å². The zero-order chi connectivity index (χ0) is 15.6. The molecule has 0 radical (unpaired) electrons. The molecule has 6 heteroatoms. The first-order valence-corrected chi connectivity index (χ1v) is 8.95. The average Bonchev–Trinajstić information content (AvgIpc) is 2.86. The molecule has 0 aliphatic carbocycles. The van der Waals surface area contributed by atoms with Crippen LogP contribution < -0.4 is 5.32 Å². The third kappa shape index (κ3) is 3.01. The first-order valence-electron chi connectivity index (χ1n) is 7.28. The van der Waals surface area contributed by atoms with Crippen molar-refractivity contribution in [2.24, 2.45) is 0 Å². The Balaban J connectivity index is 2.32. The fourth-order valence-electron chi connectivity index (χ4n) is 2.60. The zero-order valence-electron chi connectivity index (χ0n) is 12.6. The summed E-state index contributed by atoms with van der Waals surface area (Å²) in [4.78, 5) is 28.1. The summed E-state index contributed by atoms with van der Waals surface area (Å²) in [6.45, 7) is 6.30. The third-order valence-electron chi connectivity index (χ3n) is 4.21. The first kappa shape index (κ1) is 16.5. The Hall–Kier alpha value is -0.880. The van der Waals surface area contributed by atoms with E-state index in [1.807, 2.05) is 32.2 Å². The zero-order valence-corrected chi connectivity index (χ0v) is 15.0. The lowest BCUT2D eigenvalue weighted by molar-refractivity contribution is -0.157. The molecule has 1 aromatic rings. The Morgan fingerprint density at radius 1 is 1.43 bits per heavy atom. The molecule has 0 spiro atoms. The molecule has 0 aromatic carbocycles. The van der Waals surface area contributed by atoms with Crippen LogP contribution in [0.5, 0.6) is 0 Å². The summed E-state index contributed by atoms with van der Waals surface area (Å²) < 4.78 is 0.997. The van der Waals surface area contributed by atoms with Gasteiger partial charge in [-0.25, -0.2) is 0 Å². The molecule has 2 atom stereocenters. The van der Waals surface area contributed by atoms with Gasteiger partial charge in [-0.2, -0.15) is 0 Å². The average molecular weight is 373 g/mol. The van der Waals surface area contributed by atoms with Crippen LogP contribution in [-0.2, 0) is 16.1 Å². The van der Waals surface area contributed by atoms with Gasteiger partial charge in [0, 0.05) is 9.35 Å². The Morgan fingerprint density at radius 2 is 2.14 bits per heavy atom. The number of nitrogens with one attached hydrogen (secondary N) is 1. The summed E-state index contributed by atoms with van der Waals surface area (Å²) in [5, 5.41) is 4.88. The largest absolute Gasteiger partial charge is 0.342 e. The summed E-state index contributed by atoms with van der Waals surface area (Å²) >= 11 is 5.11. The molecule has 2 heterocycles. The molecule has 0 bridgehead atoms. The molecule has 2 amide bonds. The maximum Gasteiger partial charge on any atom is 0.246 e. The van der Waals surface area contributed by atoms with Crippen LogP contribution in [0.15, 0.2) is 15.9 Å². The van der Waals surface area contributed by atoms with Gasteiger partial charge in [0.2, 0.25) is 11.8 Å². The number of halogens is 1. The minimum absolute atomic E-state index is 0.0288. The summed E-state index contributed by atoms with van der Waals surface area (Å²) in [6.07, 6.45) is 2.16. The van der Waals surface area contributed by atoms with E-state index >= 15 is 0 Å². The molecule has 0 saturated carbocycles. The fourth-order valence-corrected chi connectivity index (χ4v) is 4.06. The Bertz CT molecular complexity index is 546. The molecule has 1 aromatic heterocycles. The molecular weight excluding hydrogens is 352 g/mol. The highest BCUT2D eigenvalue weighted by Crippen LogP contribution is 2.32. The van der Waals surface area contributed by atoms with Crippen molar-refractivity contribution in [3.05, 3.63) is 20.8 Å². The van der Waals surface area contributed by atoms with Crippen molar-refractivity contribution in [2.45, 2.75) is 58.2 Å². The Morgan fingerprint density at radius 3 is 2.67 bits per heavy atom. The van der Waals surface area contributed by atoms with Crippen LogP contribution in [0.3, 0.4) is 0 Å². The van der Waals surface area contributed by atoms with Gasteiger partial charge in [-0.05, 0) is 47.1 Å². The van der Waals surface area contributed by atoms with Gasteiger partial charge in [-0.15, -0.1) is 11.3 Å². The third-order valence-corrected chi connectivity index (χ3v) is 6.12. The van der Waals surface area contributed by atoms with Gasteiger partial charge in [0.15, 0.2) is 0 Å². The molecule has 1 aliphatic heterocycles. The van der Waals surface area contributed by atoms with Crippen molar-refractivity contribution in [2.75, 3.05) is 0 Å². The van der Waals surface area contributed by atoms with E-state index in [0.717, 1.165) is 15.8 Å². The first-order chi connectivity index (χ1) is 9.93. The number of piperazine rings is 1. The molecular formula is C15H21BrN2O2S. The monoisotopic (exact) mass is 372 g/mol. The van der Waals surface area contributed by atoms with E-state index in [1.54, 1.807) is 16.2 Å². The van der Waals surface area contributed by atoms with Gasteiger partial charge >= 0.3 is 0 Å². The normalized spacial score (nSPS) is 26.1. The lowest BCUT2D eigenvalue weighted by Gasteiger charge is -2.46. The van der Waals surface area contributed by atoms with Gasteiger partial charge in [-0.1, -0.05) is 20.3 Å². The van der Waals surface area contributed by atoms with Gasteiger partial charge < -0.3 is 10.2 Å². The highest BCUT2D eigenvalue weighted by molar-refractivity contribution is 9.10. The van der Waals surface area contributed by atoms with Crippen LogP contribution in [0.25, 0.3) is 0 Å². The number of hydrogen-bond donors (Lipinski definition) is 1. The van der Waals surface area contributed by atoms with Crippen molar-refractivity contribution in [3.63, 3.8) is 0 Å². The number of amides is 2. The summed E-state index contributed by atoms with van der Waals surface area (Å²) in [5.74, 6) is -0.0168. The van der Waals surface area contributed by atoms with Gasteiger partial charge in [0.05, 0.1) is 6.54 Å². The number of hydrogen-bond acceptors (Lipinski definition) is 3. The molecule has 116 valence electrons. The van der Waals surface area contributed by atoms with Crippen LogP contribution >= 0.6 is 27.3 Å². The van der Waals surface area contributed by atoms with E-state index in [0.29, 0.717) is 19.4 Å². The van der Waals surface area contributed by atoms with Crippen LogP contribution in [0.1, 0.15) is 44.9 Å². The lowest BCUT2D eigenvalue weighted by Crippen LogP contribution is -2.68. The molecule has 21 heavy (non-hydrogen) atoms. The van der Waals surface area contributed by atoms with E-state index in [1.165, 1.54) is 0 Å². The molecule has 4 nitrogen and oxygen atoms in total. The lowest BCUT2D eigenvalue weighted by atomic mass is 9.89. The fraction of sp³-hybridized carbons (Fsp3) is 0.600. The summed E-state index contributed by atoms with van der Waals surface area (Å²) in [5.41, 5.74) is -0.773. The van der Waals surface area contributed by atoms with E-state index < -0.39 is 5.54 Å². The van der Waals surface area contributed by atoms with Crippen LogP contribution in [0.2, 0.25) is 0 Å². The van der Waals surface area contributed by atoms with Crippen molar-refractivity contribution in [3.8, 4) is 0 Å². The minimum Gasteiger partial charge on any atom is -0.342 e. The van der Waals surface area contributed by atoms with E-state index in [4.69, 9.17) is 0 Å². The number of rotatable bonds is 5. The van der Waals surface area contributed by atoms with Crippen LogP contribution in [-0.4, -0.2) is 28.3 Å². The highest BCUT2D eigenvalue weighted by Gasteiger charge is 2.48. The number of nitrogens with zero attached hydrogens (tertiary/aromatic N) is 1. The van der Waals surface area contributed by atoms with Crippen LogP contribution in [0.4, 0.5) is 0 Å². The predicted molar refractivity (Wildman–Crippen MR) is 88.1 cm³/mol. The van der Waals surface area contributed by atoms with Gasteiger partial charge in [0.25, 0.3) is 0 Å². The maximum atomic E-state index is 12.8. The molecule has 1 fully saturated rings. The van der Waals surface area contributed by atoms with Crippen LogP contribution in [0, 0.1) is 0 Å². The maximum absolute atomic E-state index is 12.8. The molecule has 1 N–H and O–H groups in total. The van der Waals surface area contributed by atoms with Crippen molar-refractivity contribution >= 4 is 39.1 Å². The van der Waals surface area contributed by atoms with Crippen molar-refractivity contribution in [1.29, 1.82) is 0 Å². The second-order valence-corrected chi connectivity index (χ2v) is 7.41. The van der Waals surface area contributed by atoms with E-state index in [-0.39, 0.29) is 17.9 Å². The standard InChI is InChI=1S/C15H21BrN2O2S/c1-4-6-11-13(19)18(9-12-10(16)7-8-21-12)15(3,5-2)14(20)17-11/h7-8,11H,4-6,9H2,1-3H3,(H,17,20). The minimum atomic E-state index is -0.773.